The summed E-state index contributed by atoms with van der Waals surface area (Å²) in [6, 6.07) is 12.7. The van der Waals surface area contributed by atoms with Crippen molar-refractivity contribution >= 4 is 5.82 Å². The van der Waals surface area contributed by atoms with Crippen LogP contribution >= 0.6 is 0 Å². The number of benzene rings is 1. The number of anilines is 1. The summed E-state index contributed by atoms with van der Waals surface area (Å²) in [5, 5.41) is 2.33. The number of piperidine rings is 1. The Kier molecular flexibility index (Phi) is 5.48. The van der Waals surface area contributed by atoms with Crippen molar-refractivity contribution in [3.8, 4) is 5.75 Å². The quantitative estimate of drug-likeness (QED) is 0.890. The third kappa shape index (κ3) is 4.45. The highest BCUT2D eigenvalue weighted by Gasteiger charge is 2.12. The Labute approximate surface area is 138 Å². The van der Waals surface area contributed by atoms with Crippen molar-refractivity contribution in [2.24, 2.45) is 0 Å². The zero-order valence-corrected chi connectivity index (χ0v) is 13.9. The maximum Gasteiger partial charge on any atom is 0.128 e. The highest BCUT2D eigenvalue weighted by atomic mass is 16.5. The van der Waals surface area contributed by atoms with Gasteiger partial charge >= 0.3 is 0 Å². The second kappa shape index (κ2) is 7.97. The zero-order valence-electron chi connectivity index (χ0n) is 13.9. The first-order chi connectivity index (χ1) is 11.3. The van der Waals surface area contributed by atoms with Crippen molar-refractivity contribution < 1.29 is 10.1 Å². The molecule has 1 fully saturated rings. The summed E-state index contributed by atoms with van der Waals surface area (Å²) in [6.45, 7) is 4.25. The normalized spacial score (nSPS) is 14.7. The molecule has 122 valence electrons. The molecule has 0 unspecified atom stereocenters. The molecular formula is C19H26N3O+. The van der Waals surface area contributed by atoms with Gasteiger partial charge in [-0.15, -0.1) is 0 Å². The van der Waals surface area contributed by atoms with Gasteiger partial charge in [0.15, 0.2) is 0 Å². The van der Waals surface area contributed by atoms with E-state index >= 15 is 0 Å². The summed E-state index contributed by atoms with van der Waals surface area (Å²) in [4.78, 5) is 6.96. The summed E-state index contributed by atoms with van der Waals surface area (Å²) >= 11 is 0. The Balaban J connectivity index is 1.53. The predicted molar refractivity (Wildman–Crippen MR) is 92.6 cm³/mol. The molecule has 3 rings (SSSR count). The maximum absolute atomic E-state index is 5.19. The molecule has 1 saturated heterocycles. The van der Waals surface area contributed by atoms with E-state index in [2.05, 4.69) is 39.5 Å². The molecule has 0 radical (unpaired) electrons. The van der Waals surface area contributed by atoms with Crippen molar-refractivity contribution in [3.05, 3.63) is 53.7 Å². The van der Waals surface area contributed by atoms with Gasteiger partial charge in [0.25, 0.3) is 0 Å². The third-order valence-electron chi connectivity index (χ3n) is 4.41. The van der Waals surface area contributed by atoms with Gasteiger partial charge in [-0.3, -0.25) is 0 Å². The van der Waals surface area contributed by atoms with Gasteiger partial charge in [0, 0.05) is 30.4 Å². The average Bonchev–Trinajstić information content (AvgIpc) is 2.63. The van der Waals surface area contributed by atoms with E-state index in [0.29, 0.717) is 0 Å². The Morgan fingerprint density at radius 2 is 1.74 bits per heavy atom. The number of nitrogens with two attached hydrogens (primary N) is 1. The fourth-order valence-corrected chi connectivity index (χ4v) is 3.05. The van der Waals surface area contributed by atoms with Crippen LogP contribution in [0.3, 0.4) is 0 Å². The van der Waals surface area contributed by atoms with E-state index in [4.69, 9.17) is 4.74 Å². The van der Waals surface area contributed by atoms with Crippen LogP contribution in [0.1, 0.15) is 30.4 Å². The predicted octanol–water partition coefficient (Wildman–Crippen LogP) is 2.34. The van der Waals surface area contributed by atoms with Crippen LogP contribution in [0.5, 0.6) is 5.75 Å². The molecule has 0 atom stereocenters. The summed E-state index contributed by atoms with van der Waals surface area (Å²) < 4.78 is 5.19. The number of quaternary nitrogens is 1. The molecular weight excluding hydrogens is 286 g/mol. The minimum atomic E-state index is 0.911. The fraction of sp³-hybridized carbons (Fsp3) is 0.421. The molecule has 0 aliphatic carbocycles. The van der Waals surface area contributed by atoms with Crippen LogP contribution in [-0.4, -0.2) is 25.2 Å². The van der Waals surface area contributed by atoms with Gasteiger partial charge in [-0.05, 0) is 55.7 Å². The maximum atomic E-state index is 5.19. The molecule has 0 saturated carbocycles. The van der Waals surface area contributed by atoms with E-state index in [1.54, 1.807) is 7.11 Å². The van der Waals surface area contributed by atoms with Gasteiger partial charge in [0.2, 0.25) is 0 Å². The number of methoxy groups -OCH3 is 1. The lowest BCUT2D eigenvalue weighted by Gasteiger charge is -2.27. The lowest BCUT2D eigenvalue weighted by atomic mass is 10.1. The molecule has 2 aromatic rings. The van der Waals surface area contributed by atoms with Crippen molar-refractivity contribution in [3.63, 3.8) is 0 Å². The lowest BCUT2D eigenvalue weighted by molar-refractivity contribution is -0.686. The van der Waals surface area contributed by atoms with E-state index < -0.39 is 0 Å². The second-order valence-electron chi connectivity index (χ2n) is 6.11. The van der Waals surface area contributed by atoms with E-state index in [9.17, 15) is 0 Å². The molecule has 0 bridgehead atoms. The minimum Gasteiger partial charge on any atom is -0.497 e. The van der Waals surface area contributed by atoms with E-state index in [-0.39, 0.29) is 0 Å². The molecule has 2 N–H and O–H groups in total. The summed E-state index contributed by atoms with van der Waals surface area (Å²) in [6.07, 6.45) is 5.87. The van der Waals surface area contributed by atoms with Crippen LogP contribution in [0.15, 0.2) is 42.6 Å². The van der Waals surface area contributed by atoms with Crippen LogP contribution in [0.25, 0.3) is 0 Å². The van der Waals surface area contributed by atoms with E-state index in [0.717, 1.165) is 37.7 Å². The summed E-state index contributed by atoms with van der Waals surface area (Å²) in [7, 11) is 1.70. The topological polar surface area (TPSA) is 42.0 Å². The standard InChI is InChI=1S/C19H25N3O/c1-23-18-7-5-16(6-8-18)14-20-15-17-9-10-21-19(13-17)22-11-3-2-4-12-22/h5-10,13,20H,2-4,11-12,14-15H2,1H3/p+1. The van der Waals surface area contributed by atoms with Crippen LogP contribution < -0.4 is 15.0 Å². The summed E-state index contributed by atoms with van der Waals surface area (Å²) in [5.74, 6) is 2.05. The Morgan fingerprint density at radius 1 is 1.00 bits per heavy atom. The van der Waals surface area contributed by atoms with Crippen LogP contribution in [0, 0.1) is 0 Å². The van der Waals surface area contributed by atoms with Gasteiger partial charge in [-0.25, -0.2) is 4.98 Å². The number of hydrogen-bond acceptors (Lipinski definition) is 3. The molecule has 1 aliphatic heterocycles. The Morgan fingerprint density at radius 3 is 2.48 bits per heavy atom. The first-order valence-corrected chi connectivity index (χ1v) is 8.49. The fourth-order valence-electron chi connectivity index (χ4n) is 3.05. The minimum absolute atomic E-state index is 0.911. The summed E-state index contributed by atoms with van der Waals surface area (Å²) in [5.41, 5.74) is 2.66. The molecule has 4 heteroatoms. The average molecular weight is 312 g/mol. The molecule has 2 heterocycles. The van der Waals surface area contributed by atoms with Crippen molar-refractivity contribution in [2.75, 3.05) is 25.1 Å². The number of aromatic nitrogens is 1. The lowest BCUT2D eigenvalue weighted by Crippen LogP contribution is -2.80. The van der Waals surface area contributed by atoms with Crippen LogP contribution in [0.4, 0.5) is 5.82 Å². The van der Waals surface area contributed by atoms with Gasteiger partial charge in [0.1, 0.15) is 24.7 Å². The molecule has 0 spiro atoms. The molecule has 4 nitrogen and oxygen atoms in total. The SMILES string of the molecule is COc1ccc(C[NH2+]Cc2ccnc(N3CCCCC3)c2)cc1. The monoisotopic (exact) mass is 312 g/mol. The molecule has 1 aromatic heterocycles. The Hall–Kier alpha value is -2.07. The van der Waals surface area contributed by atoms with Gasteiger partial charge in [-0.2, -0.15) is 0 Å². The molecule has 23 heavy (non-hydrogen) atoms. The van der Waals surface area contributed by atoms with Crippen molar-refractivity contribution in [2.45, 2.75) is 32.4 Å². The van der Waals surface area contributed by atoms with Crippen molar-refractivity contribution in [1.29, 1.82) is 0 Å². The zero-order chi connectivity index (χ0) is 15.9. The first-order valence-electron chi connectivity index (χ1n) is 8.49. The number of ether oxygens (including phenoxy) is 1. The number of hydrogen-bond donors (Lipinski definition) is 1. The largest absolute Gasteiger partial charge is 0.497 e. The number of nitrogens with zero attached hydrogens (tertiary/aromatic N) is 2. The molecule has 0 amide bonds. The van der Waals surface area contributed by atoms with Crippen molar-refractivity contribution in [1.82, 2.24) is 4.98 Å². The van der Waals surface area contributed by atoms with E-state index in [1.165, 1.54) is 30.4 Å². The smallest absolute Gasteiger partial charge is 0.128 e. The molecule has 1 aliphatic rings. The molecule has 1 aromatic carbocycles. The first kappa shape index (κ1) is 15.8. The highest BCUT2D eigenvalue weighted by molar-refractivity contribution is 5.41. The third-order valence-corrected chi connectivity index (χ3v) is 4.41. The number of pyridine rings is 1. The van der Waals surface area contributed by atoms with Crippen LogP contribution in [-0.2, 0) is 13.1 Å². The second-order valence-corrected chi connectivity index (χ2v) is 6.11. The van der Waals surface area contributed by atoms with E-state index in [1.807, 2.05) is 18.3 Å². The van der Waals surface area contributed by atoms with Gasteiger partial charge < -0.3 is 15.0 Å². The highest BCUT2D eigenvalue weighted by Crippen LogP contribution is 2.18. The number of rotatable bonds is 6. The van der Waals surface area contributed by atoms with Gasteiger partial charge in [-0.1, -0.05) is 0 Å². The van der Waals surface area contributed by atoms with Crippen LogP contribution in [0.2, 0.25) is 0 Å². The van der Waals surface area contributed by atoms with Gasteiger partial charge in [0.05, 0.1) is 7.11 Å². The Bertz CT molecular complexity index is 606.